The molecule has 0 saturated carbocycles. The molecule has 1 atom stereocenters. The summed E-state index contributed by atoms with van der Waals surface area (Å²) < 4.78 is 16.9. The summed E-state index contributed by atoms with van der Waals surface area (Å²) in [7, 11) is 0. The fourth-order valence-corrected chi connectivity index (χ4v) is 9.67. The summed E-state index contributed by atoms with van der Waals surface area (Å²) in [5.74, 6) is -0.882. The molecule has 0 aliphatic heterocycles. The third-order valence-corrected chi connectivity index (χ3v) is 14.8. The Hall–Kier alpha value is -3.67. The predicted molar refractivity (Wildman–Crippen MR) is 348 cm³/mol. The lowest BCUT2D eigenvalue weighted by molar-refractivity contribution is -0.167. The largest absolute Gasteiger partial charge is 0.462 e. The summed E-state index contributed by atoms with van der Waals surface area (Å²) in [5, 5.41) is 0. The summed E-state index contributed by atoms with van der Waals surface area (Å²) in [5.41, 5.74) is 0. The van der Waals surface area contributed by atoms with Crippen LogP contribution in [0.15, 0.2) is 97.2 Å². The normalized spacial score (nSPS) is 12.7. The van der Waals surface area contributed by atoms with E-state index in [-0.39, 0.29) is 31.1 Å². The molecule has 0 aliphatic rings. The second kappa shape index (κ2) is 67.8. The molecule has 460 valence electrons. The molecule has 0 heterocycles. The highest BCUT2D eigenvalue weighted by atomic mass is 16.6. The highest BCUT2D eigenvalue weighted by Gasteiger charge is 2.19. The van der Waals surface area contributed by atoms with Gasteiger partial charge in [0.1, 0.15) is 13.2 Å². The molecule has 1 unspecified atom stereocenters. The number of unbranched alkanes of at least 4 members (excludes halogenated alkanes) is 35. The van der Waals surface area contributed by atoms with Crippen molar-refractivity contribution < 1.29 is 28.6 Å². The van der Waals surface area contributed by atoms with Crippen molar-refractivity contribution in [3.8, 4) is 0 Å². The Morgan fingerprint density at radius 1 is 0.263 bits per heavy atom. The maximum Gasteiger partial charge on any atom is 0.306 e. The van der Waals surface area contributed by atoms with Gasteiger partial charge in [0.15, 0.2) is 6.10 Å². The molecule has 0 spiro atoms. The van der Waals surface area contributed by atoms with Gasteiger partial charge in [0.05, 0.1) is 0 Å². The molecule has 0 amide bonds. The molecular formula is C74H128O6. The molecule has 6 heteroatoms. The Bertz CT molecular complexity index is 1560. The third kappa shape index (κ3) is 65.1. The van der Waals surface area contributed by atoms with Gasteiger partial charge in [0.25, 0.3) is 0 Å². The number of hydrogen-bond donors (Lipinski definition) is 0. The van der Waals surface area contributed by atoms with Crippen molar-refractivity contribution in [3.63, 3.8) is 0 Å². The van der Waals surface area contributed by atoms with E-state index in [4.69, 9.17) is 14.2 Å². The quantitative estimate of drug-likeness (QED) is 0.0261. The molecule has 80 heavy (non-hydrogen) atoms. The van der Waals surface area contributed by atoms with E-state index in [9.17, 15) is 14.4 Å². The lowest BCUT2D eigenvalue weighted by atomic mass is 10.0. The van der Waals surface area contributed by atoms with Crippen molar-refractivity contribution in [2.24, 2.45) is 0 Å². The van der Waals surface area contributed by atoms with Crippen molar-refractivity contribution in [1.82, 2.24) is 0 Å². The average molecular weight is 1110 g/mol. The zero-order valence-corrected chi connectivity index (χ0v) is 52.8. The molecule has 0 saturated heterocycles. The molecule has 0 rings (SSSR count). The minimum Gasteiger partial charge on any atom is -0.462 e. The Morgan fingerprint density at radius 2 is 0.487 bits per heavy atom. The van der Waals surface area contributed by atoms with Crippen molar-refractivity contribution in [2.75, 3.05) is 13.2 Å². The minimum absolute atomic E-state index is 0.0804. The molecular weight excluding hydrogens is 985 g/mol. The average Bonchev–Trinajstić information content (AvgIpc) is 3.46. The maximum atomic E-state index is 12.9. The van der Waals surface area contributed by atoms with Crippen LogP contribution in [-0.2, 0) is 28.6 Å². The Balaban J connectivity index is 4.25. The van der Waals surface area contributed by atoms with E-state index in [2.05, 4.69) is 118 Å². The molecule has 0 aliphatic carbocycles. The Morgan fingerprint density at radius 3 is 0.800 bits per heavy atom. The van der Waals surface area contributed by atoms with E-state index in [1.165, 1.54) is 193 Å². The maximum absolute atomic E-state index is 12.9. The van der Waals surface area contributed by atoms with Gasteiger partial charge in [-0.1, -0.05) is 291 Å². The number of hydrogen-bond acceptors (Lipinski definition) is 6. The minimum atomic E-state index is -0.784. The lowest BCUT2D eigenvalue weighted by Crippen LogP contribution is -2.30. The standard InChI is InChI=1S/C74H128O6/c1-4-7-10-13-16-19-22-25-27-29-31-33-34-35-36-37-38-39-40-42-43-45-47-49-52-55-58-61-64-67-73(76)79-70-71(69-78-72(75)66-63-60-57-54-51-24-21-18-15-12-9-6-3)80-74(77)68-65-62-59-56-53-50-48-46-44-41-32-30-28-26-23-20-17-14-11-8-5-2/h7,10,16,18-19,21,23,25-27,30-33,35-36,71H,4-6,8-9,11-15,17,20,22,24,28-29,34,37-70H2,1-3H3/b10-7-,19-16-,21-18-,26-23-,27-25-,32-30-,33-31-,36-35-. The molecule has 0 fully saturated rings. The number of carbonyl (C=O) groups is 3. The first kappa shape index (κ1) is 76.3. The van der Waals surface area contributed by atoms with Crippen LogP contribution in [0, 0.1) is 0 Å². The van der Waals surface area contributed by atoms with E-state index < -0.39 is 6.10 Å². The van der Waals surface area contributed by atoms with Crippen LogP contribution in [0.3, 0.4) is 0 Å². The van der Waals surface area contributed by atoms with Crippen LogP contribution >= 0.6 is 0 Å². The summed E-state index contributed by atoms with van der Waals surface area (Å²) in [6, 6.07) is 0. The zero-order valence-electron chi connectivity index (χ0n) is 52.8. The van der Waals surface area contributed by atoms with Gasteiger partial charge in [0, 0.05) is 19.3 Å². The van der Waals surface area contributed by atoms with Crippen molar-refractivity contribution in [1.29, 1.82) is 0 Å². The molecule has 0 aromatic heterocycles. The predicted octanol–water partition coefficient (Wildman–Crippen LogP) is 23.6. The fraction of sp³-hybridized carbons (Fsp3) is 0.743. The van der Waals surface area contributed by atoms with Gasteiger partial charge in [-0.2, -0.15) is 0 Å². The van der Waals surface area contributed by atoms with E-state index >= 15 is 0 Å². The van der Waals surface area contributed by atoms with Gasteiger partial charge in [-0.25, -0.2) is 0 Å². The van der Waals surface area contributed by atoms with Gasteiger partial charge in [-0.05, 0) is 122 Å². The van der Waals surface area contributed by atoms with Gasteiger partial charge >= 0.3 is 17.9 Å². The van der Waals surface area contributed by atoms with Crippen LogP contribution in [0.1, 0.15) is 335 Å². The highest BCUT2D eigenvalue weighted by molar-refractivity contribution is 5.71. The summed E-state index contributed by atoms with van der Waals surface area (Å²) >= 11 is 0. The first-order valence-electron chi connectivity index (χ1n) is 34.2. The number of allylic oxidation sites excluding steroid dienone is 16. The molecule has 0 radical (unpaired) electrons. The van der Waals surface area contributed by atoms with Crippen molar-refractivity contribution in [3.05, 3.63) is 97.2 Å². The molecule has 0 N–H and O–H groups in total. The fourth-order valence-electron chi connectivity index (χ4n) is 9.67. The third-order valence-electron chi connectivity index (χ3n) is 14.8. The van der Waals surface area contributed by atoms with E-state index in [0.717, 1.165) is 103 Å². The summed E-state index contributed by atoms with van der Waals surface area (Å²) in [6.45, 7) is 6.51. The number of ether oxygens (including phenoxy) is 3. The van der Waals surface area contributed by atoms with Crippen LogP contribution < -0.4 is 0 Å². The van der Waals surface area contributed by atoms with Crippen LogP contribution in [0.25, 0.3) is 0 Å². The summed E-state index contributed by atoms with van der Waals surface area (Å²) in [6.07, 6.45) is 91.4. The number of esters is 3. The zero-order chi connectivity index (χ0) is 57.8. The number of rotatable bonds is 62. The summed E-state index contributed by atoms with van der Waals surface area (Å²) in [4.78, 5) is 38.4. The monoisotopic (exact) mass is 1110 g/mol. The van der Waals surface area contributed by atoms with E-state index in [1.807, 2.05) is 0 Å². The first-order valence-corrected chi connectivity index (χ1v) is 34.2. The topological polar surface area (TPSA) is 78.9 Å². The molecule has 0 bridgehead atoms. The van der Waals surface area contributed by atoms with E-state index in [1.54, 1.807) is 0 Å². The number of carbonyl (C=O) groups excluding carboxylic acids is 3. The molecule has 0 aromatic carbocycles. The van der Waals surface area contributed by atoms with Gasteiger partial charge in [0.2, 0.25) is 0 Å². The van der Waals surface area contributed by atoms with Crippen LogP contribution in [0.2, 0.25) is 0 Å². The first-order chi connectivity index (χ1) is 39.5. The van der Waals surface area contributed by atoms with E-state index in [0.29, 0.717) is 19.3 Å². The second-order valence-electron chi connectivity index (χ2n) is 22.7. The van der Waals surface area contributed by atoms with Crippen LogP contribution in [-0.4, -0.2) is 37.2 Å². The van der Waals surface area contributed by atoms with Crippen molar-refractivity contribution in [2.45, 2.75) is 341 Å². The second-order valence-corrected chi connectivity index (χ2v) is 22.7. The van der Waals surface area contributed by atoms with Crippen LogP contribution in [0.5, 0.6) is 0 Å². The SMILES string of the molecule is CC/C=C\C/C=C\C/C=C\C/C=C\C/C=C\CCCCCCCCCCCCCCCC(=O)OCC(COC(=O)CCCCCCC/C=C\CCCCC)OC(=O)CCCCCCCCCCC/C=C\C/C=C\CCCCCCC. The Labute approximate surface area is 496 Å². The van der Waals surface area contributed by atoms with Gasteiger partial charge in [-0.3, -0.25) is 14.4 Å². The smallest absolute Gasteiger partial charge is 0.306 e. The Kier molecular flexibility index (Phi) is 64.7. The van der Waals surface area contributed by atoms with Gasteiger partial charge < -0.3 is 14.2 Å². The molecule has 0 aromatic rings. The van der Waals surface area contributed by atoms with Gasteiger partial charge in [-0.15, -0.1) is 0 Å². The lowest BCUT2D eigenvalue weighted by Gasteiger charge is -2.18. The van der Waals surface area contributed by atoms with Crippen molar-refractivity contribution >= 4 is 17.9 Å². The van der Waals surface area contributed by atoms with Crippen LogP contribution in [0.4, 0.5) is 0 Å². The molecule has 6 nitrogen and oxygen atoms in total. The highest BCUT2D eigenvalue weighted by Crippen LogP contribution is 2.17.